The van der Waals surface area contributed by atoms with Gasteiger partial charge in [0.15, 0.2) is 5.82 Å². The second kappa shape index (κ2) is 5.79. The van der Waals surface area contributed by atoms with Crippen LogP contribution in [0.25, 0.3) is 5.52 Å². The van der Waals surface area contributed by atoms with Gasteiger partial charge >= 0.3 is 0 Å². The molecular formula is C18H20N4O2. The van der Waals surface area contributed by atoms with Gasteiger partial charge in [0, 0.05) is 18.9 Å². The fraction of sp³-hybridized carbons (Fsp3) is 0.333. The fourth-order valence-electron chi connectivity index (χ4n) is 3.46. The molecule has 1 aliphatic heterocycles. The molecule has 124 valence electrons. The van der Waals surface area contributed by atoms with Gasteiger partial charge in [-0.3, -0.25) is 0 Å². The number of hydrogen-bond acceptors (Lipinski definition) is 5. The quantitative estimate of drug-likeness (QED) is 0.801. The lowest BCUT2D eigenvalue weighted by Crippen LogP contribution is -2.25. The van der Waals surface area contributed by atoms with E-state index in [2.05, 4.69) is 21.0 Å². The van der Waals surface area contributed by atoms with Crippen molar-refractivity contribution in [3.63, 3.8) is 0 Å². The molecule has 24 heavy (non-hydrogen) atoms. The van der Waals surface area contributed by atoms with Crippen molar-refractivity contribution in [3.8, 4) is 5.75 Å². The van der Waals surface area contributed by atoms with Crippen LogP contribution in [0.4, 0.5) is 5.82 Å². The van der Waals surface area contributed by atoms with Crippen LogP contribution in [-0.2, 0) is 0 Å². The third kappa shape index (κ3) is 2.49. The monoisotopic (exact) mass is 324 g/mol. The average Bonchev–Trinajstić information content (AvgIpc) is 3.16. The molecule has 4 rings (SSSR count). The number of β-amino-alcohol motifs (C(OH)–C–C–N with tert-alkyl or cyclic N) is 1. The molecule has 1 aliphatic rings. The summed E-state index contributed by atoms with van der Waals surface area (Å²) in [4.78, 5) is 6.74. The van der Waals surface area contributed by atoms with E-state index in [1.54, 1.807) is 13.3 Å². The first kappa shape index (κ1) is 15.0. The van der Waals surface area contributed by atoms with Crippen LogP contribution in [-0.4, -0.2) is 39.5 Å². The fourth-order valence-corrected chi connectivity index (χ4v) is 3.46. The maximum absolute atomic E-state index is 10.3. The standard InChI is InChI=1S/C18H20N4O2/c1-12-8-17-18(19-6-7-22(17)20-12)21-11-14(23)10-16(21)13-4-3-5-15(9-13)24-2/h3-9,14,16,23H,10-11H2,1-2H3/t14-,16+/m1/s1. The van der Waals surface area contributed by atoms with Gasteiger partial charge in [0.2, 0.25) is 0 Å². The first-order valence-electron chi connectivity index (χ1n) is 8.05. The molecule has 6 nitrogen and oxygen atoms in total. The maximum Gasteiger partial charge on any atom is 0.155 e. The van der Waals surface area contributed by atoms with Crippen molar-refractivity contribution in [3.05, 3.63) is 54.0 Å². The number of anilines is 1. The largest absolute Gasteiger partial charge is 0.497 e. The third-order valence-corrected chi connectivity index (χ3v) is 4.52. The van der Waals surface area contributed by atoms with E-state index in [1.165, 1.54) is 0 Å². The van der Waals surface area contributed by atoms with Gasteiger partial charge in [0.25, 0.3) is 0 Å². The first-order chi connectivity index (χ1) is 11.7. The number of nitrogens with zero attached hydrogens (tertiary/aromatic N) is 4. The number of ether oxygens (including phenoxy) is 1. The van der Waals surface area contributed by atoms with Crippen molar-refractivity contribution in [2.45, 2.75) is 25.5 Å². The minimum Gasteiger partial charge on any atom is -0.497 e. The number of rotatable bonds is 3. The summed E-state index contributed by atoms with van der Waals surface area (Å²) in [6.07, 6.45) is 3.89. The summed E-state index contributed by atoms with van der Waals surface area (Å²) in [6.45, 7) is 2.52. The lowest BCUT2D eigenvalue weighted by molar-refractivity contribution is 0.194. The topological polar surface area (TPSA) is 62.9 Å². The third-order valence-electron chi connectivity index (χ3n) is 4.52. The Bertz CT molecular complexity index is 876. The molecule has 0 aliphatic carbocycles. The first-order valence-corrected chi connectivity index (χ1v) is 8.05. The van der Waals surface area contributed by atoms with E-state index in [0.717, 1.165) is 28.3 Å². The van der Waals surface area contributed by atoms with Gasteiger partial charge in [-0.05, 0) is 37.1 Å². The van der Waals surface area contributed by atoms with E-state index in [4.69, 9.17) is 4.74 Å². The van der Waals surface area contributed by atoms with Gasteiger partial charge in [-0.25, -0.2) is 9.50 Å². The number of aromatic nitrogens is 3. The summed E-state index contributed by atoms with van der Waals surface area (Å²) in [7, 11) is 1.66. The number of aliphatic hydroxyl groups excluding tert-OH is 1. The molecule has 0 unspecified atom stereocenters. The lowest BCUT2D eigenvalue weighted by atomic mass is 10.0. The molecule has 3 heterocycles. The highest BCUT2D eigenvalue weighted by Crippen LogP contribution is 2.38. The minimum atomic E-state index is -0.382. The summed E-state index contributed by atoms with van der Waals surface area (Å²) in [6, 6.07) is 10.1. The van der Waals surface area contributed by atoms with Crippen LogP contribution in [0.5, 0.6) is 5.75 Å². The second-order valence-electron chi connectivity index (χ2n) is 6.20. The van der Waals surface area contributed by atoms with E-state index in [1.807, 2.05) is 41.9 Å². The van der Waals surface area contributed by atoms with E-state index in [0.29, 0.717) is 13.0 Å². The van der Waals surface area contributed by atoms with Gasteiger partial charge in [-0.15, -0.1) is 0 Å². The Morgan fingerprint density at radius 1 is 1.29 bits per heavy atom. The van der Waals surface area contributed by atoms with Crippen LogP contribution in [0, 0.1) is 6.92 Å². The normalized spacial score (nSPS) is 20.7. The molecule has 1 aromatic carbocycles. The predicted octanol–water partition coefficient (Wildman–Crippen LogP) is 2.36. The maximum atomic E-state index is 10.3. The lowest BCUT2D eigenvalue weighted by Gasteiger charge is -2.26. The number of aryl methyl sites for hydroxylation is 1. The molecule has 2 atom stereocenters. The molecule has 6 heteroatoms. The summed E-state index contributed by atoms with van der Waals surface area (Å²) in [5.74, 6) is 1.67. The Hall–Kier alpha value is -2.60. The van der Waals surface area contributed by atoms with Crippen molar-refractivity contribution in [1.82, 2.24) is 14.6 Å². The molecular weight excluding hydrogens is 304 g/mol. The number of methoxy groups -OCH3 is 1. The highest BCUT2D eigenvalue weighted by molar-refractivity contribution is 5.70. The van der Waals surface area contributed by atoms with Crippen molar-refractivity contribution >= 4 is 11.3 Å². The average molecular weight is 324 g/mol. The molecule has 0 bridgehead atoms. The van der Waals surface area contributed by atoms with Gasteiger partial charge in [0.1, 0.15) is 11.3 Å². The predicted molar refractivity (Wildman–Crippen MR) is 91.4 cm³/mol. The summed E-state index contributed by atoms with van der Waals surface area (Å²) in [5, 5.41) is 14.7. The minimum absolute atomic E-state index is 0.0593. The van der Waals surface area contributed by atoms with Crippen molar-refractivity contribution < 1.29 is 9.84 Å². The molecule has 1 saturated heterocycles. The Balaban J connectivity index is 1.79. The number of aliphatic hydroxyl groups is 1. The molecule has 1 N–H and O–H groups in total. The van der Waals surface area contributed by atoms with Crippen molar-refractivity contribution in [2.75, 3.05) is 18.6 Å². The molecule has 0 spiro atoms. The number of hydrogen-bond donors (Lipinski definition) is 1. The van der Waals surface area contributed by atoms with Crippen LogP contribution >= 0.6 is 0 Å². The van der Waals surface area contributed by atoms with E-state index >= 15 is 0 Å². The number of benzene rings is 1. The van der Waals surface area contributed by atoms with Crippen molar-refractivity contribution in [2.24, 2.45) is 0 Å². The zero-order valence-corrected chi connectivity index (χ0v) is 13.8. The molecule has 0 amide bonds. The Labute approximate surface area is 140 Å². The molecule has 0 saturated carbocycles. The Morgan fingerprint density at radius 2 is 2.17 bits per heavy atom. The zero-order chi connectivity index (χ0) is 16.7. The zero-order valence-electron chi connectivity index (χ0n) is 13.8. The molecule has 1 fully saturated rings. The summed E-state index contributed by atoms with van der Waals surface area (Å²) >= 11 is 0. The number of fused-ring (bicyclic) bond motifs is 1. The van der Waals surface area contributed by atoms with E-state index < -0.39 is 0 Å². The van der Waals surface area contributed by atoms with Crippen molar-refractivity contribution in [1.29, 1.82) is 0 Å². The van der Waals surface area contributed by atoms with E-state index in [-0.39, 0.29) is 12.1 Å². The van der Waals surface area contributed by atoms with E-state index in [9.17, 15) is 5.11 Å². The van der Waals surface area contributed by atoms with Crippen LogP contribution in [0.1, 0.15) is 23.7 Å². The summed E-state index contributed by atoms with van der Waals surface area (Å²) < 4.78 is 7.18. The molecule has 2 aromatic heterocycles. The van der Waals surface area contributed by atoms with Crippen LogP contribution in [0.3, 0.4) is 0 Å². The highest BCUT2D eigenvalue weighted by atomic mass is 16.5. The Morgan fingerprint density at radius 3 is 3.00 bits per heavy atom. The SMILES string of the molecule is COc1cccc([C@@H]2C[C@@H](O)CN2c2nccn3nc(C)cc23)c1. The van der Waals surface area contributed by atoms with Crippen LogP contribution < -0.4 is 9.64 Å². The smallest absolute Gasteiger partial charge is 0.155 e. The molecule has 0 radical (unpaired) electrons. The Kier molecular flexibility index (Phi) is 3.61. The van der Waals surface area contributed by atoms with Crippen LogP contribution in [0.2, 0.25) is 0 Å². The highest BCUT2D eigenvalue weighted by Gasteiger charge is 2.34. The van der Waals surface area contributed by atoms with Crippen LogP contribution in [0.15, 0.2) is 42.7 Å². The van der Waals surface area contributed by atoms with Gasteiger partial charge in [-0.2, -0.15) is 5.10 Å². The second-order valence-corrected chi connectivity index (χ2v) is 6.20. The molecule has 3 aromatic rings. The van der Waals surface area contributed by atoms with Gasteiger partial charge in [-0.1, -0.05) is 12.1 Å². The van der Waals surface area contributed by atoms with Gasteiger partial charge in [0.05, 0.1) is 24.9 Å². The van der Waals surface area contributed by atoms with Gasteiger partial charge < -0.3 is 14.7 Å². The summed E-state index contributed by atoms with van der Waals surface area (Å²) in [5.41, 5.74) is 3.02.